The summed E-state index contributed by atoms with van der Waals surface area (Å²) in [5.74, 6) is 1.42. The largest absolute Gasteiger partial charge is 0.486 e. The van der Waals surface area contributed by atoms with Crippen LogP contribution in [0.3, 0.4) is 0 Å². The molecule has 0 unspecified atom stereocenters. The predicted molar refractivity (Wildman–Crippen MR) is 94.2 cm³/mol. The number of benzene rings is 1. The lowest BCUT2D eigenvalue weighted by Crippen LogP contribution is -2.58. The van der Waals surface area contributed by atoms with Crippen molar-refractivity contribution in [3.63, 3.8) is 0 Å². The summed E-state index contributed by atoms with van der Waals surface area (Å²) in [7, 11) is 1.57. The lowest BCUT2D eigenvalue weighted by atomic mass is 9.57. The van der Waals surface area contributed by atoms with Gasteiger partial charge in [0.25, 0.3) is 0 Å². The first-order chi connectivity index (χ1) is 11.7. The van der Waals surface area contributed by atoms with Crippen LogP contribution >= 0.6 is 0 Å². The fraction of sp³-hybridized carbons (Fsp3) is 0.650. The van der Waals surface area contributed by atoms with Gasteiger partial charge in [0, 0.05) is 18.6 Å². The third-order valence-electron chi connectivity index (χ3n) is 6.08. The monoisotopic (exact) mass is 348 g/mol. The summed E-state index contributed by atoms with van der Waals surface area (Å²) in [5.41, 5.74) is 0.799. The number of Topliss-reactive ketones (excluding diaryl/α,β-unsaturated/α-hetero) is 1. The zero-order chi connectivity index (χ0) is 18.4. The Morgan fingerprint density at radius 1 is 1.36 bits per heavy atom. The van der Waals surface area contributed by atoms with E-state index in [1.165, 1.54) is 0 Å². The van der Waals surface area contributed by atoms with Crippen molar-refractivity contribution in [2.24, 2.45) is 11.3 Å². The van der Waals surface area contributed by atoms with E-state index in [1.807, 2.05) is 6.07 Å². The van der Waals surface area contributed by atoms with Crippen LogP contribution in [0.4, 0.5) is 0 Å². The van der Waals surface area contributed by atoms with Crippen molar-refractivity contribution in [3.8, 4) is 11.5 Å². The van der Waals surface area contributed by atoms with Gasteiger partial charge in [-0.05, 0) is 50.7 Å². The van der Waals surface area contributed by atoms with Crippen molar-refractivity contribution in [2.75, 3.05) is 13.9 Å². The third kappa shape index (κ3) is 2.93. The van der Waals surface area contributed by atoms with E-state index in [1.54, 1.807) is 20.1 Å². The Labute approximate surface area is 149 Å². The molecule has 5 heteroatoms. The van der Waals surface area contributed by atoms with E-state index in [-0.39, 0.29) is 30.0 Å². The van der Waals surface area contributed by atoms with Crippen LogP contribution < -0.4 is 9.47 Å². The van der Waals surface area contributed by atoms with E-state index in [0.29, 0.717) is 29.9 Å². The predicted octanol–water partition coefficient (Wildman–Crippen LogP) is 3.36. The Morgan fingerprint density at radius 3 is 2.72 bits per heavy atom. The second-order valence-electron chi connectivity index (χ2n) is 8.07. The standard InChI is InChI=1S/C20H28O5/c1-12(21)13-6-7-15(24-11-23-5)14-10-16-19(2,3)17(22)8-9-20(16,4)25-18(13)14/h6-7,16-17,22H,8-11H2,1-5H3/t16-,17-,20-/m1/s1. The lowest BCUT2D eigenvalue weighted by Gasteiger charge is -2.55. The molecule has 1 aromatic carbocycles. The Balaban J connectivity index is 2.11. The molecule has 1 heterocycles. The molecule has 1 fully saturated rings. The van der Waals surface area contributed by atoms with Crippen molar-refractivity contribution in [1.29, 1.82) is 0 Å². The maximum Gasteiger partial charge on any atom is 0.188 e. The van der Waals surface area contributed by atoms with Gasteiger partial charge >= 0.3 is 0 Å². The maximum absolute atomic E-state index is 12.1. The van der Waals surface area contributed by atoms with Crippen LogP contribution in [0.2, 0.25) is 0 Å². The number of hydrogen-bond acceptors (Lipinski definition) is 5. The molecule has 0 saturated heterocycles. The zero-order valence-electron chi connectivity index (χ0n) is 15.7. The summed E-state index contributed by atoms with van der Waals surface area (Å²) in [6.07, 6.45) is 1.80. The Hall–Kier alpha value is -1.59. The highest BCUT2D eigenvalue weighted by atomic mass is 16.7. The Morgan fingerprint density at radius 2 is 2.08 bits per heavy atom. The van der Waals surface area contributed by atoms with Gasteiger partial charge in [-0.25, -0.2) is 0 Å². The number of ether oxygens (including phenoxy) is 3. The molecule has 0 radical (unpaired) electrons. The molecule has 1 aromatic rings. The summed E-state index contributed by atoms with van der Waals surface area (Å²) in [6, 6.07) is 3.57. The molecule has 3 atom stereocenters. The van der Waals surface area contributed by atoms with Gasteiger partial charge in [-0.2, -0.15) is 0 Å². The average molecular weight is 348 g/mol. The van der Waals surface area contributed by atoms with Crippen molar-refractivity contribution in [3.05, 3.63) is 23.3 Å². The van der Waals surface area contributed by atoms with Crippen LogP contribution in [0.15, 0.2) is 12.1 Å². The van der Waals surface area contributed by atoms with Crippen molar-refractivity contribution < 1.29 is 24.1 Å². The molecule has 0 bridgehead atoms. The Kier molecular flexibility index (Phi) is 4.58. The molecule has 1 N–H and O–H groups in total. The second-order valence-corrected chi connectivity index (χ2v) is 8.07. The molecule has 0 spiro atoms. The summed E-state index contributed by atoms with van der Waals surface area (Å²) in [4.78, 5) is 12.1. The molecule has 25 heavy (non-hydrogen) atoms. The van der Waals surface area contributed by atoms with Gasteiger partial charge in [0.1, 0.15) is 17.1 Å². The molecule has 0 aromatic heterocycles. The quantitative estimate of drug-likeness (QED) is 0.668. The van der Waals surface area contributed by atoms with Crippen LogP contribution in [-0.4, -0.2) is 36.5 Å². The topological polar surface area (TPSA) is 65.0 Å². The first kappa shape index (κ1) is 18.2. The molecule has 138 valence electrons. The van der Waals surface area contributed by atoms with Gasteiger partial charge in [-0.3, -0.25) is 4.79 Å². The Bertz CT molecular complexity index is 681. The van der Waals surface area contributed by atoms with Crippen LogP contribution in [0, 0.1) is 11.3 Å². The molecule has 1 aliphatic carbocycles. The first-order valence-corrected chi connectivity index (χ1v) is 8.86. The van der Waals surface area contributed by atoms with Crippen molar-refractivity contribution >= 4 is 5.78 Å². The van der Waals surface area contributed by atoms with E-state index in [9.17, 15) is 9.90 Å². The van der Waals surface area contributed by atoms with Gasteiger partial charge in [0.2, 0.25) is 0 Å². The van der Waals surface area contributed by atoms with E-state index < -0.39 is 5.60 Å². The summed E-state index contributed by atoms with van der Waals surface area (Å²) in [5, 5.41) is 10.5. The third-order valence-corrected chi connectivity index (χ3v) is 6.08. The fourth-order valence-corrected chi connectivity index (χ4v) is 4.48. The molecule has 2 aliphatic rings. The number of aliphatic hydroxyl groups excluding tert-OH is 1. The molecule has 1 saturated carbocycles. The minimum absolute atomic E-state index is 0.0216. The second kappa shape index (κ2) is 6.29. The van der Waals surface area contributed by atoms with Crippen LogP contribution in [0.25, 0.3) is 0 Å². The van der Waals surface area contributed by atoms with Gasteiger partial charge < -0.3 is 19.3 Å². The van der Waals surface area contributed by atoms with Gasteiger partial charge in [0.05, 0.1) is 11.7 Å². The number of aliphatic hydroxyl groups is 1. The van der Waals surface area contributed by atoms with Gasteiger partial charge in [-0.15, -0.1) is 0 Å². The number of rotatable bonds is 4. The van der Waals surface area contributed by atoms with E-state index in [0.717, 1.165) is 12.0 Å². The maximum atomic E-state index is 12.1. The molecule has 1 aliphatic heterocycles. The van der Waals surface area contributed by atoms with Crippen LogP contribution in [0.5, 0.6) is 11.5 Å². The molecular formula is C20H28O5. The van der Waals surface area contributed by atoms with E-state index in [2.05, 4.69) is 20.8 Å². The van der Waals surface area contributed by atoms with Crippen molar-refractivity contribution in [2.45, 2.75) is 58.7 Å². The zero-order valence-corrected chi connectivity index (χ0v) is 15.7. The van der Waals surface area contributed by atoms with Crippen LogP contribution in [-0.2, 0) is 11.2 Å². The smallest absolute Gasteiger partial charge is 0.188 e. The van der Waals surface area contributed by atoms with Gasteiger partial charge in [-0.1, -0.05) is 13.8 Å². The lowest BCUT2D eigenvalue weighted by molar-refractivity contribution is -0.138. The van der Waals surface area contributed by atoms with Crippen molar-refractivity contribution in [1.82, 2.24) is 0 Å². The minimum Gasteiger partial charge on any atom is -0.486 e. The van der Waals surface area contributed by atoms with Gasteiger partial charge in [0.15, 0.2) is 12.6 Å². The molecule has 3 rings (SSSR count). The summed E-state index contributed by atoms with van der Waals surface area (Å²) >= 11 is 0. The van der Waals surface area contributed by atoms with E-state index in [4.69, 9.17) is 14.2 Å². The molecule has 5 nitrogen and oxygen atoms in total. The highest BCUT2D eigenvalue weighted by molar-refractivity contribution is 5.97. The normalized spacial score (nSPS) is 30.0. The summed E-state index contributed by atoms with van der Waals surface area (Å²) < 4.78 is 17.2. The number of carbonyl (C=O) groups is 1. The summed E-state index contributed by atoms with van der Waals surface area (Å²) in [6.45, 7) is 7.98. The number of ketones is 1. The number of hydrogen-bond donors (Lipinski definition) is 1. The number of carbonyl (C=O) groups excluding carboxylic acids is 1. The molecule has 0 amide bonds. The minimum atomic E-state index is -0.403. The molecular weight excluding hydrogens is 320 g/mol. The average Bonchev–Trinajstić information content (AvgIpc) is 2.55. The first-order valence-electron chi connectivity index (χ1n) is 8.86. The number of methoxy groups -OCH3 is 1. The van der Waals surface area contributed by atoms with Crippen LogP contribution in [0.1, 0.15) is 56.5 Å². The van der Waals surface area contributed by atoms with E-state index >= 15 is 0 Å². The number of fused-ring (bicyclic) bond motifs is 2. The SMILES string of the molecule is COCOc1ccc(C(C)=O)c2c1C[C@@H]1C(C)(C)[C@H](O)CC[C@@]1(C)O2. The fourth-order valence-electron chi connectivity index (χ4n) is 4.48. The highest BCUT2D eigenvalue weighted by Gasteiger charge is 2.55. The highest BCUT2D eigenvalue weighted by Crippen LogP contribution is 2.55.